The lowest BCUT2D eigenvalue weighted by Gasteiger charge is -2.34. The molecular formula is C92H88B4Br2N4O12. The number of hydrogen-bond acceptors (Lipinski definition) is 16. The van der Waals surface area contributed by atoms with Crippen LogP contribution in [0.3, 0.4) is 0 Å². The van der Waals surface area contributed by atoms with Crippen LogP contribution in [0.15, 0.2) is 252 Å². The molecule has 0 bridgehead atoms. The van der Waals surface area contributed by atoms with E-state index in [0.717, 1.165) is 156 Å². The molecule has 22 heteroatoms. The van der Waals surface area contributed by atoms with Crippen molar-refractivity contribution in [2.24, 2.45) is 0 Å². The van der Waals surface area contributed by atoms with E-state index in [2.05, 4.69) is 204 Å². The molecule has 12 aromatic carbocycles. The average Bonchev–Trinajstić information content (AvgIpc) is 1.58. The van der Waals surface area contributed by atoms with Crippen LogP contribution in [0, 0.1) is 0 Å². The molecule has 4 fully saturated rings. The van der Waals surface area contributed by atoms with Crippen molar-refractivity contribution in [2.75, 3.05) is 19.6 Å². The molecule has 0 spiro atoms. The van der Waals surface area contributed by atoms with Crippen LogP contribution in [0.4, 0.5) is 68.2 Å². The minimum Gasteiger partial charge on any atom is -0.453 e. The van der Waals surface area contributed by atoms with Crippen LogP contribution in [0.2, 0.25) is 0 Å². The topological polar surface area (TPSA) is 124 Å². The van der Waals surface area contributed by atoms with Gasteiger partial charge in [-0.05, 0) is 289 Å². The normalized spacial score (nSPS) is 19.2. The van der Waals surface area contributed by atoms with Crippen molar-refractivity contribution in [2.45, 2.75) is 156 Å². The predicted octanol–water partition coefficient (Wildman–Crippen LogP) is 24.4. The van der Waals surface area contributed by atoms with Gasteiger partial charge in [0.25, 0.3) is 0 Å². The third kappa shape index (κ3) is 12.9. The first-order chi connectivity index (χ1) is 54.2. The summed E-state index contributed by atoms with van der Waals surface area (Å²) in [4.78, 5) is 9.04. The van der Waals surface area contributed by atoms with E-state index in [4.69, 9.17) is 56.2 Å². The summed E-state index contributed by atoms with van der Waals surface area (Å²) in [6.45, 7) is 33.0. The molecule has 8 aliphatic rings. The van der Waals surface area contributed by atoms with E-state index in [1.165, 1.54) is 0 Å². The van der Waals surface area contributed by atoms with Crippen LogP contribution in [0.5, 0.6) is 46.0 Å². The molecule has 0 unspecified atom stereocenters. The summed E-state index contributed by atoms with van der Waals surface area (Å²) in [6.07, 6.45) is 0. The number of para-hydroxylation sites is 16. The zero-order chi connectivity index (χ0) is 79.6. The van der Waals surface area contributed by atoms with Crippen LogP contribution in [-0.4, -0.2) is 73.1 Å². The summed E-state index contributed by atoms with van der Waals surface area (Å²) in [6, 6.07) is 82.9. The lowest BCUT2D eigenvalue weighted by Crippen LogP contribution is -2.41. The quantitative estimate of drug-likeness (QED) is 0.140. The maximum absolute atomic E-state index is 6.91. The minimum absolute atomic E-state index is 0.360. The Morgan fingerprint density at radius 3 is 0.605 bits per heavy atom. The number of halogens is 2. The molecule has 20 rings (SSSR count). The molecule has 12 aromatic rings. The Morgan fingerprint density at radius 2 is 0.395 bits per heavy atom. The van der Waals surface area contributed by atoms with Gasteiger partial charge in [-0.2, -0.15) is 0 Å². The number of rotatable bonds is 7. The second kappa shape index (κ2) is 27.6. The first-order valence-corrected chi connectivity index (χ1v) is 40.4. The molecule has 16 nitrogen and oxygen atoms in total. The van der Waals surface area contributed by atoms with Gasteiger partial charge in [-0.3, -0.25) is 0 Å². The maximum Gasteiger partial charge on any atom is 0.495 e. The van der Waals surface area contributed by atoms with Gasteiger partial charge < -0.3 is 75.8 Å². The van der Waals surface area contributed by atoms with Crippen molar-refractivity contribution in [1.82, 2.24) is 0 Å². The fraction of sp³-hybridized carbons (Fsp3) is 0.261. The molecule has 0 atom stereocenters. The highest BCUT2D eigenvalue weighted by molar-refractivity contribution is 9.11. The standard InChI is InChI=1S/C46H44B2N2O6.C34H20Br2N2O2.C12H24B2O4/c1-43(2)44(3,4)54-47(53-43)33-27-29(49-35-17-9-13-21-39(35)51-40-22-14-10-18-36(40)49)26-32-31(33)25-30(28-34(32)48-55-45(5,6)46(7,8)56-48)50-37-19-11-15-23-41(37)52-42-24-16-12-20-38(42)50;35-25-19-21(37-27-9-1-5-13-31(27)39-32-14-6-2-10-28(32)37)17-23-24(25)18-22(20-26(23)36)38-29-11-3-7-15-33(29)40-34-16-8-4-12-30(34)38;1-9(2)10(3,4)16-13(15-9)14-17-11(5,6)12(7,8)18-14/h9-28H,1-8H3;1-20H;1-8H3. The summed E-state index contributed by atoms with van der Waals surface area (Å²) in [7, 11) is -2.31. The Morgan fingerprint density at radius 1 is 0.219 bits per heavy atom. The van der Waals surface area contributed by atoms with Crippen LogP contribution >= 0.6 is 31.9 Å². The number of benzene rings is 12. The highest BCUT2D eigenvalue weighted by Gasteiger charge is 2.64. The molecular weight excluding hydrogens is 1560 g/mol. The monoisotopic (exact) mass is 1640 g/mol. The fourth-order valence-corrected chi connectivity index (χ4v) is 16.7. The summed E-state index contributed by atoms with van der Waals surface area (Å²) < 4.78 is 78.8. The van der Waals surface area contributed by atoms with Gasteiger partial charge in [0.1, 0.15) is 0 Å². The van der Waals surface area contributed by atoms with Crippen molar-refractivity contribution in [1.29, 1.82) is 0 Å². The van der Waals surface area contributed by atoms with Gasteiger partial charge in [-0.1, -0.05) is 129 Å². The van der Waals surface area contributed by atoms with Gasteiger partial charge in [0.15, 0.2) is 46.0 Å². The Hall–Kier alpha value is -9.54. The van der Waals surface area contributed by atoms with E-state index in [9.17, 15) is 0 Å². The summed E-state index contributed by atoms with van der Waals surface area (Å²) in [5.41, 5.74) is 9.71. The van der Waals surface area contributed by atoms with Crippen molar-refractivity contribution in [3.05, 3.63) is 252 Å². The lowest BCUT2D eigenvalue weighted by atomic mass is 9.49. The molecule has 0 radical (unpaired) electrons. The zero-order valence-electron chi connectivity index (χ0n) is 66.8. The molecule has 0 saturated carbocycles. The first kappa shape index (κ1) is 75.8. The molecule has 8 aliphatic heterocycles. The van der Waals surface area contributed by atoms with E-state index < -0.39 is 50.7 Å². The van der Waals surface area contributed by atoms with E-state index in [0.29, 0.717) is 0 Å². The van der Waals surface area contributed by atoms with Crippen molar-refractivity contribution in [3.63, 3.8) is 0 Å². The smallest absolute Gasteiger partial charge is 0.453 e. The van der Waals surface area contributed by atoms with Gasteiger partial charge in [-0.25, -0.2) is 0 Å². The van der Waals surface area contributed by atoms with E-state index in [1.807, 2.05) is 201 Å². The predicted molar refractivity (Wildman–Crippen MR) is 466 cm³/mol. The number of fused-ring (bicyclic) bond motifs is 10. The number of anilines is 12. The minimum atomic E-state index is -0.681. The lowest BCUT2D eigenvalue weighted by molar-refractivity contribution is 0.00578. The SMILES string of the molecule is Brc1cc(N2c3ccccc3Oc3ccccc32)cc2c(Br)cc(N3c4ccccc4Oc4ccccc43)cc12.CC1(C)OB(B2OC(C)(C)C(C)(C)O2)OC1(C)C.CC1(C)OB(c2cc(N3c4ccccc4Oc4ccccc43)cc3c(B4OC(C)(C)C(C)(C)O4)cc(N4c5ccccc5Oc5ccccc54)cc23)OC1(C)C. The van der Waals surface area contributed by atoms with Gasteiger partial charge in [-0.15, -0.1) is 0 Å². The molecule has 574 valence electrons. The van der Waals surface area contributed by atoms with E-state index in [-0.39, 0.29) is 22.4 Å². The van der Waals surface area contributed by atoms with Crippen molar-refractivity contribution < 1.29 is 56.2 Å². The molecule has 0 aliphatic carbocycles. The third-order valence-electron chi connectivity index (χ3n) is 24.6. The number of hydrogen-bond donors (Lipinski definition) is 0. The first-order valence-electron chi connectivity index (χ1n) is 38.9. The Balaban J connectivity index is 0.000000135. The van der Waals surface area contributed by atoms with E-state index in [1.54, 1.807) is 0 Å². The average molecular weight is 1640 g/mol. The number of nitrogens with zero attached hydrogens (tertiary/aromatic N) is 4. The highest BCUT2D eigenvalue weighted by atomic mass is 79.9. The molecule has 0 N–H and O–H groups in total. The van der Waals surface area contributed by atoms with Crippen molar-refractivity contribution in [3.8, 4) is 46.0 Å². The van der Waals surface area contributed by atoms with Crippen LogP contribution < -0.4 is 49.5 Å². The van der Waals surface area contributed by atoms with Gasteiger partial charge in [0.05, 0.1) is 90.3 Å². The van der Waals surface area contributed by atoms with E-state index >= 15 is 0 Å². The molecule has 0 amide bonds. The second-order valence-electron chi connectivity index (χ2n) is 34.0. The summed E-state index contributed by atoms with van der Waals surface area (Å²) in [5.74, 6) is 6.41. The Kier molecular flexibility index (Phi) is 18.3. The Labute approximate surface area is 685 Å². The van der Waals surface area contributed by atoms with Gasteiger partial charge >= 0.3 is 28.3 Å². The molecule has 4 saturated heterocycles. The molecule has 0 aromatic heterocycles. The van der Waals surface area contributed by atoms with Crippen LogP contribution in [0.25, 0.3) is 21.5 Å². The van der Waals surface area contributed by atoms with Crippen molar-refractivity contribution >= 4 is 161 Å². The largest absolute Gasteiger partial charge is 0.495 e. The fourth-order valence-electron chi connectivity index (χ4n) is 15.6. The zero-order valence-corrected chi connectivity index (χ0v) is 70.0. The van der Waals surface area contributed by atoms with Gasteiger partial charge in [0.2, 0.25) is 0 Å². The Bertz CT molecular complexity index is 5260. The number of ether oxygens (including phenoxy) is 4. The van der Waals surface area contributed by atoms with Crippen LogP contribution in [-0.2, 0) is 37.2 Å². The summed E-state index contributed by atoms with van der Waals surface area (Å²) >= 11 is 7.86. The van der Waals surface area contributed by atoms with Gasteiger partial charge in [0, 0.05) is 31.7 Å². The highest BCUT2D eigenvalue weighted by Crippen LogP contribution is 2.58. The molecule has 114 heavy (non-hydrogen) atoms. The summed E-state index contributed by atoms with van der Waals surface area (Å²) in [5, 5.41) is 4.13. The second-order valence-corrected chi connectivity index (χ2v) is 35.7. The third-order valence-corrected chi connectivity index (χ3v) is 25.9. The molecule has 8 heterocycles. The van der Waals surface area contributed by atoms with Crippen LogP contribution in [0.1, 0.15) is 111 Å². The maximum atomic E-state index is 6.91.